The summed E-state index contributed by atoms with van der Waals surface area (Å²) < 4.78 is 1.85. The smallest absolute Gasteiger partial charge is 0.0763 e. The average Bonchev–Trinajstić information content (AvgIpc) is 2.74. The van der Waals surface area contributed by atoms with E-state index < -0.39 is 0 Å². The molecule has 2 rings (SSSR count). The van der Waals surface area contributed by atoms with Gasteiger partial charge in [-0.15, -0.1) is 0 Å². The first-order valence-electron chi connectivity index (χ1n) is 5.54. The van der Waals surface area contributed by atoms with Crippen LogP contribution >= 0.6 is 11.6 Å². The third-order valence-corrected chi connectivity index (χ3v) is 2.99. The van der Waals surface area contributed by atoms with Crippen LogP contribution in [-0.2, 0) is 7.05 Å². The quantitative estimate of drug-likeness (QED) is 0.904. The number of aryl methyl sites for hydroxylation is 1. The molecule has 1 unspecified atom stereocenters. The van der Waals surface area contributed by atoms with E-state index in [9.17, 15) is 0 Å². The standard InChI is InChI=1S/C12H15ClN4/c1-3-15-12(11-5-7-16-17(11)2)9-4-6-14-8-10(9)13/h4-8,12,15H,3H2,1-2H3. The van der Waals surface area contributed by atoms with Crippen molar-refractivity contribution in [2.75, 3.05) is 6.54 Å². The Kier molecular flexibility index (Phi) is 3.76. The Morgan fingerprint density at radius 1 is 1.41 bits per heavy atom. The normalized spacial score (nSPS) is 12.6. The highest BCUT2D eigenvalue weighted by atomic mass is 35.5. The lowest BCUT2D eigenvalue weighted by Crippen LogP contribution is -2.24. The molecule has 5 heteroatoms. The lowest BCUT2D eigenvalue weighted by molar-refractivity contribution is 0.572. The van der Waals surface area contributed by atoms with Crippen molar-refractivity contribution in [3.63, 3.8) is 0 Å². The van der Waals surface area contributed by atoms with E-state index in [0.29, 0.717) is 5.02 Å². The Morgan fingerprint density at radius 2 is 2.24 bits per heavy atom. The van der Waals surface area contributed by atoms with Crippen LogP contribution in [-0.4, -0.2) is 21.3 Å². The highest BCUT2D eigenvalue weighted by Gasteiger charge is 2.18. The molecule has 0 radical (unpaired) electrons. The molecule has 0 aromatic carbocycles. The first kappa shape index (κ1) is 12.1. The van der Waals surface area contributed by atoms with Crippen LogP contribution in [0.2, 0.25) is 5.02 Å². The number of nitrogens with one attached hydrogen (secondary N) is 1. The van der Waals surface area contributed by atoms with Crippen LogP contribution in [0.4, 0.5) is 0 Å². The van der Waals surface area contributed by atoms with Gasteiger partial charge in [-0.05, 0) is 24.2 Å². The van der Waals surface area contributed by atoms with Crippen LogP contribution < -0.4 is 5.32 Å². The molecule has 2 aromatic heterocycles. The van der Waals surface area contributed by atoms with Gasteiger partial charge in [0, 0.05) is 25.6 Å². The Hall–Kier alpha value is -1.39. The van der Waals surface area contributed by atoms with Crippen LogP contribution in [0.15, 0.2) is 30.7 Å². The van der Waals surface area contributed by atoms with Gasteiger partial charge in [-0.25, -0.2) is 0 Å². The number of pyridine rings is 1. The minimum absolute atomic E-state index is 0.0444. The van der Waals surface area contributed by atoms with Gasteiger partial charge >= 0.3 is 0 Å². The second-order valence-electron chi connectivity index (χ2n) is 3.77. The van der Waals surface area contributed by atoms with Crippen molar-refractivity contribution in [3.8, 4) is 0 Å². The molecule has 0 aliphatic heterocycles. The molecule has 0 aliphatic carbocycles. The first-order valence-corrected chi connectivity index (χ1v) is 5.92. The second-order valence-corrected chi connectivity index (χ2v) is 4.17. The number of hydrogen-bond donors (Lipinski definition) is 1. The summed E-state index contributed by atoms with van der Waals surface area (Å²) in [4.78, 5) is 4.01. The fourth-order valence-corrected chi connectivity index (χ4v) is 2.09. The Balaban J connectivity index is 2.43. The summed E-state index contributed by atoms with van der Waals surface area (Å²) in [7, 11) is 1.93. The molecule has 0 bridgehead atoms. The zero-order valence-corrected chi connectivity index (χ0v) is 10.6. The molecule has 0 fully saturated rings. The van der Waals surface area contributed by atoms with Gasteiger partial charge in [0.15, 0.2) is 0 Å². The van der Waals surface area contributed by atoms with Crippen molar-refractivity contribution in [2.45, 2.75) is 13.0 Å². The third kappa shape index (κ3) is 2.48. The summed E-state index contributed by atoms with van der Waals surface area (Å²) in [5.74, 6) is 0. The summed E-state index contributed by atoms with van der Waals surface area (Å²) >= 11 is 6.19. The van der Waals surface area contributed by atoms with Crippen molar-refractivity contribution in [1.29, 1.82) is 0 Å². The van der Waals surface area contributed by atoms with Crippen LogP contribution in [0.1, 0.15) is 24.2 Å². The predicted octanol–water partition coefficient (Wildman–Crippen LogP) is 2.17. The molecule has 0 saturated carbocycles. The highest BCUT2D eigenvalue weighted by molar-refractivity contribution is 6.31. The van der Waals surface area contributed by atoms with E-state index >= 15 is 0 Å². The molecule has 2 heterocycles. The molecule has 0 aliphatic rings. The number of rotatable bonds is 4. The van der Waals surface area contributed by atoms with Gasteiger partial charge in [-0.3, -0.25) is 9.67 Å². The number of nitrogens with zero attached hydrogens (tertiary/aromatic N) is 3. The van der Waals surface area contributed by atoms with E-state index in [0.717, 1.165) is 17.8 Å². The zero-order valence-electron chi connectivity index (χ0n) is 9.89. The van der Waals surface area contributed by atoms with Crippen LogP contribution in [0.5, 0.6) is 0 Å². The van der Waals surface area contributed by atoms with Crippen molar-refractivity contribution < 1.29 is 0 Å². The number of halogens is 1. The summed E-state index contributed by atoms with van der Waals surface area (Å²) in [6.07, 6.45) is 5.20. The van der Waals surface area contributed by atoms with E-state index in [2.05, 4.69) is 22.3 Å². The molecule has 4 nitrogen and oxygen atoms in total. The molecule has 0 spiro atoms. The summed E-state index contributed by atoms with van der Waals surface area (Å²) in [5.41, 5.74) is 2.10. The maximum atomic E-state index is 6.19. The Bertz CT molecular complexity index is 495. The van der Waals surface area contributed by atoms with Crippen molar-refractivity contribution >= 4 is 11.6 Å². The van der Waals surface area contributed by atoms with E-state index in [1.54, 1.807) is 18.6 Å². The van der Waals surface area contributed by atoms with Gasteiger partial charge in [0.2, 0.25) is 0 Å². The fourth-order valence-electron chi connectivity index (χ4n) is 1.87. The summed E-state index contributed by atoms with van der Waals surface area (Å²) in [5, 5.41) is 8.27. The molecular weight excluding hydrogens is 236 g/mol. The fraction of sp³-hybridized carbons (Fsp3) is 0.333. The molecule has 17 heavy (non-hydrogen) atoms. The summed E-state index contributed by atoms with van der Waals surface area (Å²) in [6.45, 7) is 2.92. The number of aromatic nitrogens is 3. The van der Waals surface area contributed by atoms with Gasteiger partial charge in [0.1, 0.15) is 0 Å². The Morgan fingerprint density at radius 3 is 2.82 bits per heavy atom. The van der Waals surface area contributed by atoms with Crippen molar-refractivity contribution in [2.24, 2.45) is 7.05 Å². The Labute approximate surface area is 106 Å². The molecule has 1 atom stereocenters. The molecule has 2 aromatic rings. The first-order chi connectivity index (χ1) is 8.24. The number of hydrogen-bond acceptors (Lipinski definition) is 3. The molecular formula is C12H15ClN4. The van der Waals surface area contributed by atoms with Gasteiger partial charge in [-0.1, -0.05) is 18.5 Å². The topological polar surface area (TPSA) is 42.7 Å². The lowest BCUT2D eigenvalue weighted by Gasteiger charge is -2.19. The minimum Gasteiger partial charge on any atom is -0.305 e. The predicted molar refractivity (Wildman–Crippen MR) is 68.0 cm³/mol. The van der Waals surface area contributed by atoms with Crippen LogP contribution in [0.25, 0.3) is 0 Å². The van der Waals surface area contributed by atoms with E-state index in [1.807, 2.05) is 23.9 Å². The van der Waals surface area contributed by atoms with Gasteiger partial charge < -0.3 is 5.32 Å². The van der Waals surface area contributed by atoms with Crippen molar-refractivity contribution in [3.05, 3.63) is 47.0 Å². The molecule has 90 valence electrons. The highest BCUT2D eigenvalue weighted by Crippen LogP contribution is 2.26. The summed E-state index contributed by atoms with van der Waals surface area (Å²) in [6, 6.07) is 3.97. The maximum absolute atomic E-state index is 6.19. The van der Waals surface area contributed by atoms with Crippen LogP contribution in [0.3, 0.4) is 0 Å². The van der Waals surface area contributed by atoms with Gasteiger partial charge in [0.05, 0.1) is 16.8 Å². The largest absolute Gasteiger partial charge is 0.305 e. The van der Waals surface area contributed by atoms with E-state index in [1.165, 1.54) is 0 Å². The molecule has 0 saturated heterocycles. The van der Waals surface area contributed by atoms with E-state index in [4.69, 9.17) is 11.6 Å². The van der Waals surface area contributed by atoms with Gasteiger partial charge in [-0.2, -0.15) is 5.10 Å². The minimum atomic E-state index is 0.0444. The van der Waals surface area contributed by atoms with Crippen molar-refractivity contribution in [1.82, 2.24) is 20.1 Å². The van der Waals surface area contributed by atoms with Gasteiger partial charge in [0.25, 0.3) is 0 Å². The molecule has 1 N–H and O–H groups in total. The average molecular weight is 251 g/mol. The maximum Gasteiger partial charge on any atom is 0.0763 e. The van der Waals surface area contributed by atoms with E-state index in [-0.39, 0.29) is 6.04 Å². The zero-order chi connectivity index (χ0) is 12.3. The molecule has 0 amide bonds. The SMILES string of the molecule is CCNC(c1ccncc1Cl)c1ccnn1C. The second kappa shape index (κ2) is 5.29. The monoisotopic (exact) mass is 250 g/mol. The third-order valence-electron chi connectivity index (χ3n) is 2.68. The lowest BCUT2D eigenvalue weighted by atomic mass is 10.1. The van der Waals surface area contributed by atoms with Crippen LogP contribution in [0, 0.1) is 0 Å².